The lowest BCUT2D eigenvalue weighted by atomic mass is 9.97. The third-order valence-corrected chi connectivity index (χ3v) is 5.30. The number of likely N-dealkylation sites (tertiary alicyclic amines) is 1. The molecule has 0 aromatic rings. The van der Waals surface area contributed by atoms with Gasteiger partial charge in [0.2, 0.25) is 0 Å². The number of nitrogens with one attached hydrogen (secondary N) is 1. The predicted molar refractivity (Wildman–Crippen MR) is 80.4 cm³/mol. The fourth-order valence-corrected chi connectivity index (χ4v) is 4.24. The summed E-state index contributed by atoms with van der Waals surface area (Å²) in [5, 5.41) is 13.3. The normalized spacial score (nSPS) is 37.4. The summed E-state index contributed by atoms with van der Waals surface area (Å²) in [6.07, 6.45) is 10.3. The van der Waals surface area contributed by atoms with Gasteiger partial charge in [0.1, 0.15) is 0 Å². The monoisotopic (exact) mass is 268 g/mol. The molecule has 3 unspecified atom stereocenters. The maximum absolute atomic E-state index is 9.76. The quantitative estimate of drug-likeness (QED) is 0.804. The molecule has 1 saturated carbocycles. The van der Waals surface area contributed by atoms with Crippen molar-refractivity contribution in [2.45, 2.75) is 82.8 Å². The van der Waals surface area contributed by atoms with Crippen molar-refractivity contribution >= 4 is 0 Å². The van der Waals surface area contributed by atoms with E-state index in [4.69, 9.17) is 0 Å². The Labute approximate surface area is 118 Å². The molecular weight excluding hydrogens is 236 g/mol. The van der Waals surface area contributed by atoms with Crippen LogP contribution >= 0.6 is 0 Å². The van der Waals surface area contributed by atoms with E-state index in [1.54, 1.807) is 0 Å². The summed E-state index contributed by atoms with van der Waals surface area (Å²) in [4.78, 5) is 2.78. The lowest BCUT2D eigenvalue weighted by molar-refractivity contribution is 0.113. The summed E-state index contributed by atoms with van der Waals surface area (Å²) in [6.45, 7) is 7.01. The number of aliphatic hydroxyl groups excluding tert-OH is 1. The summed E-state index contributed by atoms with van der Waals surface area (Å²) in [5.74, 6) is 0. The van der Waals surface area contributed by atoms with E-state index >= 15 is 0 Å². The first kappa shape index (κ1) is 15.3. The molecule has 3 heteroatoms. The van der Waals surface area contributed by atoms with Gasteiger partial charge in [-0.1, -0.05) is 26.7 Å². The summed E-state index contributed by atoms with van der Waals surface area (Å²) < 4.78 is 0. The summed E-state index contributed by atoms with van der Waals surface area (Å²) in [5.41, 5.74) is 0.00398. The number of aliphatic hydroxyl groups is 1. The highest BCUT2D eigenvalue weighted by Crippen LogP contribution is 2.35. The fourth-order valence-electron chi connectivity index (χ4n) is 4.24. The second kappa shape index (κ2) is 7.05. The van der Waals surface area contributed by atoms with Crippen molar-refractivity contribution in [1.29, 1.82) is 0 Å². The Kier molecular flexibility index (Phi) is 5.67. The molecule has 0 aromatic carbocycles. The van der Waals surface area contributed by atoms with Crippen molar-refractivity contribution < 1.29 is 5.11 Å². The highest BCUT2D eigenvalue weighted by Gasteiger charge is 2.41. The first-order valence-electron chi connectivity index (χ1n) is 8.36. The van der Waals surface area contributed by atoms with Gasteiger partial charge in [-0.15, -0.1) is 0 Å². The van der Waals surface area contributed by atoms with Gasteiger partial charge in [0, 0.05) is 17.6 Å². The van der Waals surface area contributed by atoms with Crippen LogP contribution in [0.2, 0.25) is 0 Å². The van der Waals surface area contributed by atoms with Gasteiger partial charge in [0.25, 0.3) is 0 Å². The predicted octanol–water partition coefficient (Wildman–Crippen LogP) is 2.53. The standard InChI is InChI=1S/C16H32N2O/c1-3-14-8-6-5-7-11-18(14)15-9-10-16(12-15,13-19)17-4-2/h14-15,17,19H,3-13H2,1-2H3. The molecule has 0 bridgehead atoms. The molecule has 3 nitrogen and oxygen atoms in total. The van der Waals surface area contributed by atoms with Crippen LogP contribution in [0.25, 0.3) is 0 Å². The molecule has 3 atom stereocenters. The van der Waals surface area contributed by atoms with Gasteiger partial charge in [-0.3, -0.25) is 4.90 Å². The third-order valence-electron chi connectivity index (χ3n) is 5.30. The van der Waals surface area contributed by atoms with E-state index in [-0.39, 0.29) is 5.54 Å². The molecule has 1 heterocycles. The van der Waals surface area contributed by atoms with E-state index in [9.17, 15) is 5.11 Å². The smallest absolute Gasteiger partial charge is 0.0613 e. The average molecular weight is 268 g/mol. The van der Waals surface area contributed by atoms with Gasteiger partial charge >= 0.3 is 0 Å². The summed E-state index contributed by atoms with van der Waals surface area (Å²) >= 11 is 0. The second-order valence-corrected chi connectivity index (χ2v) is 6.51. The van der Waals surface area contributed by atoms with Crippen LogP contribution in [0.5, 0.6) is 0 Å². The van der Waals surface area contributed by atoms with E-state index in [2.05, 4.69) is 24.1 Å². The van der Waals surface area contributed by atoms with Crippen LogP contribution in [0, 0.1) is 0 Å². The molecule has 2 N–H and O–H groups in total. The molecule has 1 aliphatic carbocycles. The van der Waals surface area contributed by atoms with Gasteiger partial charge in [0.15, 0.2) is 0 Å². The van der Waals surface area contributed by atoms with E-state index in [0.29, 0.717) is 12.6 Å². The van der Waals surface area contributed by atoms with Crippen molar-refractivity contribution in [3.05, 3.63) is 0 Å². The van der Waals surface area contributed by atoms with Crippen molar-refractivity contribution in [2.75, 3.05) is 19.7 Å². The maximum Gasteiger partial charge on any atom is 0.0613 e. The Balaban J connectivity index is 2.01. The Hall–Kier alpha value is -0.120. The second-order valence-electron chi connectivity index (χ2n) is 6.51. The molecule has 1 saturated heterocycles. The zero-order chi connectivity index (χ0) is 13.7. The minimum atomic E-state index is 0.00398. The van der Waals surface area contributed by atoms with Crippen molar-refractivity contribution in [3.8, 4) is 0 Å². The van der Waals surface area contributed by atoms with Crippen molar-refractivity contribution in [2.24, 2.45) is 0 Å². The molecule has 19 heavy (non-hydrogen) atoms. The molecule has 112 valence electrons. The third kappa shape index (κ3) is 3.50. The lowest BCUT2D eigenvalue weighted by Crippen LogP contribution is -2.49. The topological polar surface area (TPSA) is 35.5 Å². The molecule has 2 aliphatic rings. The number of likely N-dealkylation sites (N-methyl/N-ethyl adjacent to an activating group) is 1. The summed E-state index contributed by atoms with van der Waals surface area (Å²) in [6, 6.07) is 1.47. The molecule has 0 aromatic heterocycles. The first-order valence-corrected chi connectivity index (χ1v) is 8.36. The van der Waals surface area contributed by atoms with Crippen LogP contribution in [0.4, 0.5) is 0 Å². The van der Waals surface area contributed by atoms with E-state index < -0.39 is 0 Å². The van der Waals surface area contributed by atoms with E-state index in [1.165, 1.54) is 45.1 Å². The SMILES string of the molecule is CCNC1(CO)CCC(N2CCCCCC2CC)C1. The van der Waals surface area contributed by atoms with Crippen molar-refractivity contribution in [1.82, 2.24) is 10.2 Å². The van der Waals surface area contributed by atoms with Gasteiger partial charge in [0.05, 0.1) is 6.61 Å². The molecule has 1 aliphatic heterocycles. The zero-order valence-electron chi connectivity index (χ0n) is 12.8. The highest BCUT2D eigenvalue weighted by atomic mass is 16.3. The lowest BCUT2D eigenvalue weighted by Gasteiger charge is -2.36. The Morgan fingerprint density at radius 2 is 2.05 bits per heavy atom. The average Bonchev–Trinajstić information content (AvgIpc) is 2.70. The Morgan fingerprint density at radius 3 is 2.74 bits per heavy atom. The van der Waals surface area contributed by atoms with Crippen LogP contribution in [0.3, 0.4) is 0 Å². The molecule has 2 rings (SSSR count). The van der Waals surface area contributed by atoms with Gasteiger partial charge < -0.3 is 10.4 Å². The van der Waals surface area contributed by atoms with Gasteiger partial charge in [-0.25, -0.2) is 0 Å². The fraction of sp³-hybridized carbons (Fsp3) is 1.00. The summed E-state index contributed by atoms with van der Waals surface area (Å²) in [7, 11) is 0. The van der Waals surface area contributed by atoms with Crippen LogP contribution in [-0.4, -0.2) is 47.3 Å². The van der Waals surface area contributed by atoms with Crippen LogP contribution in [0.1, 0.15) is 65.2 Å². The van der Waals surface area contributed by atoms with Gasteiger partial charge in [-0.05, 0) is 51.6 Å². The Morgan fingerprint density at radius 1 is 1.21 bits per heavy atom. The minimum absolute atomic E-state index is 0.00398. The number of hydrogen-bond donors (Lipinski definition) is 2. The molecular formula is C16H32N2O. The van der Waals surface area contributed by atoms with E-state index in [0.717, 1.165) is 25.4 Å². The van der Waals surface area contributed by atoms with E-state index in [1.807, 2.05) is 0 Å². The van der Waals surface area contributed by atoms with Crippen LogP contribution < -0.4 is 5.32 Å². The maximum atomic E-state index is 9.76. The van der Waals surface area contributed by atoms with Crippen LogP contribution in [0.15, 0.2) is 0 Å². The van der Waals surface area contributed by atoms with Crippen LogP contribution in [-0.2, 0) is 0 Å². The molecule has 0 amide bonds. The first-order chi connectivity index (χ1) is 9.24. The highest BCUT2D eigenvalue weighted by molar-refractivity contribution is 5.00. The number of hydrogen-bond acceptors (Lipinski definition) is 3. The zero-order valence-corrected chi connectivity index (χ0v) is 12.8. The Bertz CT molecular complexity index is 271. The van der Waals surface area contributed by atoms with Crippen molar-refractivity contribution in [3.63, 3.8) is 0 Å². The largest absolute Gasteiger partial charge is 0.394 e. The minimum Gasteiger partial charge on any atom is -0.394 e. The number of nitrogens with zero attached hydrogens (tertiary/aromatic N) is 1. The molecule has 2 fully saturated rings. The number of rotatable bonds is 5. The van der Waals surface area contributed by atoms with Gasteiger partial charge in [-0.2, -0.15) is 0 Å². The molecule has 0 spiro atoms. The molecule has 0 radical (unpaired) electrons.